The molecule has 0 aromatic heterocycles. The molecule has 0 amide bonds. The molecule has 0 rings (SSSR count). The molecule has 4 heteroatoms. The Bertz CT molecular complexity index is 111. The monoisotopic (exact) mass is 205 g/mol. The highest BCUT2D eigenvalue weighted by Crippen LogP contribution is 2.04. The zero-order chi connectivity index (χ0) is 10.9. The molecule has 0 aliphatic heterocycles. The summed E-state index contributed by atoms with van der Waals surface area (Å²) in [6, 6.07) is 0. The van der Waals surface area contributed by atoms with Gasteiger partial charge in [-0.25, -0.2) is 0 Å². The Labute approximate surface area is 83.1 Å². The summed E-state index contributed by atoms with van der Waals surface area (Å²) in [4.78, 5) is 0. The Balaban J connectivity index is 0. The predicted octanol–water partition coefficient (Wildman–Crippen LogP) is 2.21. The second-order valence-corrected chi connectivity index (χ2v) is 5.76. The molecule has 0 bridgehead atoms. The van der Waals surface area contributed by atoms with Crippen molar-refractivity contribution >= 4 is 8.80 Å². The van der Waals surface area contributed by atoms with E-state index >= 15 is 0 Å². The van der Waals surface area contributed by atoms with E-state index < -0.39 is 8.80 Å². The molecule has 0 unspecified atom stereocenters. The molecule has 0 saturated heterocycles. The summed E-state index contributed by atoms with van der Waals surface area (Å²) in [6.45, 7) is 9.78. The molecule has 3 nitrogen and oxygen atoms in total. The maximum absolute atomic E-state index is 4.96. The molecule has 0 aliphatic rings. The average Bonchev–Trinajstić information content (AvgIpc) is 2.09. The van der Waals surface area contributed by atoms with Gasteiger partial charge in [-0.2, -0.15) is 0 Å². The van der Waals surface area contributed by atoms with E-state index in [2.05, 4.69) is 27.4 Å². The molecule has 13 heavy (non-hydrogen) atoms. The molecule has 0 atom stereocenters. The molecule has 0 heterocycles. The normalized spacial score (nSPS) is 10.7. The fraction of sp³-hybridized carbons (Fsp3) is 0.667. The third-order valence-electron chi connectivity index (χ3n) is 1.10. The zero-order valence-corrected chi connectivity index (χ0v) is 10.5. The van der Waals surface area contributed by atoms with Crippen molar-refractivity contribution in [2.24, 2.45) is 0 Å². The van der Waals surface area contributed by atoms with Gasteiger partial charge in [0.05, 0.1) is 0 Å². The van der Waals surface area contributed by atoms with Gasteiger partial charge in [-0.15, -0.1) is 0 Å². The lowest BCUT2D eigenvalue weighted by Crippen LogP contribution is -2.40. The molecular formula is C9H21O3Si. The third kappa shape index (κ3) is 8.17. The summed E-state index contributed by atoms with van der Waals surface area (Å²) >= 11 is 0. The smallest absolute Gasteiger partial charge is 0.374 e. The summed E-state index contributed by atoms with van der Waals surface area (Å²) < 4.78 is 14.9. The molecule has 0 spiro atoms. The van der Waals surface area contributed by atoms with E-state index in [4.69, 9.17) is 13.3 Å². The lowest BCUT2D eigenvalue weighted by molar-refractivity contribution is 0.138. The standard InChI is InChI=1S/C5H12O3Si.C4H9/c1-5-9(6-2,7-3)8-4;1-4(2)3/h5H,1H2,2-4H3;1-3H3. The van der Waals surface area contributed by atoms with Crippen molar-refractivity contribution in [3.05, 3.63) is 18.2 Å². The zero-order valence-electron chi connectivity index (χ0n) is 9.51. The summed E-state index contributed by atoms with van der Waals surface area (Å²) in [5.41, 5.74) is 1.58. The first-order valence-electron chi connectivity index (χ1n) is 4.03. The predicted molar refractivity (Wildman–Crippen MR) is 57.2 cm³/mol. The molecule has 0 aliphatic carbocycles. The van der Waals surface area contributed by atoms with Crippen LogP contribution in [0.25, 0.3) is 0 Å². The van der Waals surface area contributed by atoms with Crippen LogP contribution >= 0.6 is 0 Å². The minimum atomic E-state index is -2.43. The summed E-state index contributed by atoms with van der Waals surface area (Å²) in [7, 11) is 2.20. The van der Waals surface area contributed by atoms with Crippen LogP contribution in [-0.2, 0) is 13.3 Å². The van der Waals surface area contributed by atoms with E-state index in [-0.39, 0.29) is 0 Å². The van der Waals surface area contributed by atoms with Crippen molar-refractivity contribution in [2.75, 3.05) is 21.3 Å². The second-order valence-electron chi connectivity index (χ2n) is 2.92. The van der Waals surface area contributed by atoms with Crippen LogP contribution in [0.2, 0.25) is 0 Å². The first-order valence-corrected chi connectivity index (χ1v) is 5.84. The van der Waals surface area contributed by atoms with Crippen LogP contribution in [0.15, 0.2) is 12.3 Å². The van der Waals surface area contributed by atoms with E-state index in [1.807, 2.05) is 0 Å². The van der Waals surface area contributed by atoms with Gasteiger partial charge < -0.3 is 13.3 Å². The highest BCUT2D eigenvalue weighted by atomic mass is 28.4. The number of hydrogen-bond donors (Lipinski definition) is 0. The van der Waals surface area contributed by atoms with Crippen molar-refractivity contribution in [3.8, 4) is 0 Å². The van der Waals surface area contributed by atoms with Crippen LogP contribution in [0.3, 0.4) is 0 Å². The van der Waals surface area contributed by atoms with Crippen LogP contribution < -0.4 is 0 Å². The molecule has 0 N–H and O–H groups in total. The van der Waals surface area contributed by atoms with Gasteiger partial charge in [0.1, 0.15) is 0 Å². The molecule has 0 aromatic rings. The topological polar surface area (TPSA) is 27.7 Å². The molecule has 79 valence electrons. The molecular weight excluding hydrogens is 184 g/mol. The van der Waals surface area contributed by atoms with E-state index in [1.165, 1.54) is 5.92 Å². The largest absolute Gasteiger partial charge is 0.528 e. The Kier molecular flexibility index (Phi) is 9.94. The van der Waals surface area contributed by atoms with Gasteiger partial charge in [0.15, 0.2) is 0 Å². The third-order valence-corrected chi connectivity index (χ3v) is 3.31. The van der Waals surface area contributed by atoms with Crippen molar-refractivity contribution < 1.29 is 13.3 Å². The van der Waals surface area contributed by atoms with Crippen molar-refractivity contribution in [1.82, 2.24) is 0 Å². The van der Waals surface area contributed by atoms with Crippen molar-refractivity contribution in [2.45, 2.75) is 20.8 Å². The van der Waals surface area contributed by atoms with E-state index in [9.17, 15) is 0 Å². The van der Waals surface area contributed by atoms with Crippen LogP contribution in [0.1, 0.15) is 20.8 Å². The first kappa shape index (κ1) is 15.3. The Morgan fingerprint density at radius 3 is 1.23 bits per heavy atom. The molecule has 0 fully saturated rings. The summed E-state index contributed by atoms with van der Waals surface area (Å²) in [5, 5.41) is 0. The quantitative estimate of drug-likeness (QED) is 0.659. The minimum absolute atomic E-state index is 1.42. The van der Waals surface area contributed by atoms with Gasteiger partial charge in [0.2, 0.25) is 0 Å². The minimum Gasteiger partial charge on any atom is -0.374 e. The molecule has 1 radical (unpaired) electrons. The van der Waals surface area contributed by atoms with Crippen molar-refractivity contribution in [3.63, 3.8) is 0 Å². The van der Waals surface area contributed by atoms with Gasteiger partial charge in [0, 0.05) is 21.3 Å². The van der Waals surface area contributed by atoms with E-state index in [1.54, 1.807) is 27.0 Å². The van der Waals surface area contributed by atoms with Gasteiger partial charge in [-0.3, -0.25) is 0 Å². The maximum Gasteiger partial charge on any atom is 0.528 e. The fourth-order valence-corrected chi connectivity index (χ4v) is 1.50. The van der Waals surface area contributed by atoms with Crippen LogP contribution in [0, 0.1) is 5.92 Å². The van der Waals surface area contributed by atoms with Crippen molar-refractivity contribution in [1.29, 1.82) is 0 Å². The van der Waals surface area contributed by atoms with Gasteiger partial charge >= 0.3 is 8.80 Å². The SMILES string of the molecule is C=C[Si](OC)(OC)OC.C[C](C)C. The average molecular weight is 205 g/mol. The molecule has 0 aromatic carbocycles. The summed E-state index contributed by atoms with van der Waals surface area (Å²) in [5.74, 6) is 1.42. The lowest BCUT2D eigenvalue weighted by Gasteiger charge is -2.19. The van der Waals surface area contributed by atoms with Crippen LogP contribution in [-0.4, -0.2) is 30.1 Å². The highest BCUT2D eigenvalue weighted by Gasteiger charge is 2.33. The van der Waals surface area contributed by atoms with Crippen LogP contribution in [0.5, 0.6) is 0 Å². The maximum atomic E-state index is 4.96. The first-order chi connectivity index (χ1) is 5.97. The Hall–Kier alpha value is -0.163. The highest BCUT2D eigenvalue weighted by molar-refractivity contribution is 6.66. The lowest BCUT2D eigenvalue weighted by atomic mass is 10.3. The van der Waals surface area contributed by atoms with Gasteiger partial charge in [-0.1, -0.05) is 27.4 Å². The number of rotatable bonds is 4. The van der Waals surface area contributed by atoms with Crippen LogP contribution in [0.4, 0.5) is 0 Å². The molecule has 0 saturated carbocycles. The Morgan fingerprint density at radius 1 is 1.00 bits per heavy atom. The summed E-state index contributed by atoms with van der Waals surface area (Å²) in [6.07, 6.45) is 0. The Morgan fingerprint density at radius 2 is 1.23 bits per heavy atom. The van der Waals surface area contributed by atoms with E-state index in [0.29, 0.717) is 0 Å². The van der Waals surface area contributed by atoms with E-state index in [0.717, 1.165) is 0 Å². The van der Waals surface area contributed by atoms with Gasteiger partial charge in [0.25, 0.3) is 0 Å². The fourth-order valence-electron chi connectivity index (χ4n) is 0.500. The van der Waals surface area contributed by atoms with Gasteiger partial charge in [-0.05, 0) is 11.6 Å². The second kappa shape index (κ2) is 8.44. The number of hydrogen-bond acceptors (Lipinski definition) is 3.